The first-order valence-corrected chi connectivity index (χ1v) is 7.31. The Labute approximate surface area is 120 Å². The first-order valence-electron chi connectivity index (χ1n) is 6.51. The van der Waals surface area contributed by atoms with Gasteiger partial charge in [0, 0.05) is 11.0 Å². The Morgan fingerprint density at radius 2 is 2.16 bits per heavy atom. The second kappa shape index (κ2) is 7.01. The van der Waals surface area contributed by atoms with E-state index in [4.69, 9.17) is 4.74 Å². The zero-order chi connectivity index (χ0) is 13.7. The number of hydrogen-bond donors (Lipinski definition) is 1. The molecular formula is C14H17BrFNO2. The molecule has 1 amide bonds. The molecule has 0 saturated heterocycles. The Bertz CT molecular complexity index is 447. The van der Waals surface area contributed by atoms with Crippen molar-refractivity contribution in [1.82, 2.24) is 5.32 Å². The third kappa shape index (κ3) is 4.28. The molecule has 2 rings (SSSR count). The van der Waals surface area contributed by atoms with E-state index in [1.165, 1.54) is 25.0 Å². The van der Waals surface area contributed by atoms with E-state index in [0.717, 1.165) is 12.8 Å². The van der Waals surface area contributed by atoms with E-state index in [-0.39, 0.29) is 5.56 Å². The van der Waals surface area contributed by atoms with Gasteiger partial charge in [-0.05, 0) is 31.0 Å². The molecule has 19 heavy (non-hydrogen) atoms. The largest absolute Gasteiger partial charge is 0.376 e. The van der Waals surface area contributed by atoms with Crippen molar-refractivity contribution >= 4 is 21.8 Å². The number of hydrogen-bond acceptors (Lipinski definition) is 2. The lowest BCUT2D eigenvalue weighted by atomic mass is 10.2. The molecule has 104 valence electrons. The SMILES string of the molecule is O=C(NCCOC1CCCC1)c1ccc(Br)cc1F. The van der Waals surface area contributed by atoms with Crippen molar-refractivity contribution in [2.45, 2.75) is 31.8 Å². The molecule has 0 unspecified atom stereocenters. The minimum Gasteiger partial charge on any atom is -0.376 e. The number of halogens is 2. The summed E-state index contributed by atoms with van der Waals surface area (Å²) in [7, 11) is 0. The number of benzene rings is 1. The van der Waals surface area contributed by atoms with E-state index >= 15 is 0 Å². The van der Waals surface area contributed by atoms with Crippen molar-refractivity contribution in [3.8, 4) is 0 Å². The van der Waals surface area contributed by atoms with E-state index in [2.05, 4.69) is 21.2 Å². The summed E-state index contributed by atoms with van der Waals surface area (Å²) in [4.78, 5) is 11.8. The van der Waals surface area contributed by atoms with Gasteiger partial charge in [-0.1, -0.05) is 28.8 Å². The highest BCUT2D eigenvalue weighted by atomic mass is 79.9. The summed E-state index contributed by atoms with van der Waals surface area (Å²) < 4.78 is 19.8. The summed E-state index contributed by atoms with van der Waals surface area (Å²) in [5, 5.41) is 2.66. The van der Waals surface area contributed by atoms with Gasteiger partial charge in [0.15, 0.2) is 0 Å². The first-order chi connectivity index (χ1) is 9.16. The molecule has 5 heteroatoms. The first kappa shape index (κ1) is 14.5. The van der Waals surface area contributed by atoms with Crippen LogP contribution in [0.15, 0.2) is 22.7 Å². The molecule has 1 fully saturated rings. The van der Waals surface area contributed by atoms with Gasteiger partial charge >= 0.3 is 0 Å². The molecular weight excluding hydrogens is 313 g/mol. The van der Waals surface area contributed by atoms with Gasteiger partial charge in [0.25, 0.3) is 5.91 Å². The fourth-order valence-electron chi connectivity index (χ4n) is 2.21. The van der Waals surface area contributed by atoms with Crippen LogP contribution < -0.4 is 5.32 Å². The summed E-state index contributed by atoms with van der Waals surface area (Å²) in [5.74, 6) is -0.927. The van der Waals surface area contributed by atoms with Crippen LogP contribution in [-0.2, 0) is 4.74 Å². The van der Waals surface area contributed by atoms with Crippen molar-refractivity contribution in [2.75, 3.05) is 13.2 Å². The summed E-state index contributed by atoms with van der Waals surface area (Å²) in [6.45, 7) is 0.888. The molecule has 0 aliphatic heterocycles. The third-order valence-corrected chi connectivity index (χ3v) is 3.71. The zero-order valence-electron chi connectivity index (χ0n) is 10.6. The van der Waals surface area contributed by atoms with Gasteiger partial charge in [-0.2, -0.15) is 0 Å². The minimum atomic E-state index is -0.524. The number of amides is 1. The number of carbonyl (C=O) groups excluding carboxylic acids is 1. The fourth-order valence-corrected chi connectivity index (χ4v) is 2.55. The van der Waals surface area contributed by atoms with Gasteiger partial charge in [-0.25, -0.2) is 4.39 Å². The normalized spacial score (nSPS) is 15.7. The predicted molar refractivity (Wildman–Crippen MR) is 74.6 cm³/mol. The fraction of sp³-hybridized carbons (Fsp3) is 0.500. The van der Waals surface area contributed by atoms with Gasteiger partial charge in [0.2, 0.25) is 0 Å². The summed E-state index contributed by atoms with van der Waals surface area (Å²) >= 11 is 3.16. The maximum Gasteiger partial charge on any atom is 0.254 e. The van der Waals surface area contributed by atoms with Crippen molar-refractivity contribution in [2.24, 2.45) is 0 Å². The summed E-state index contributed by atoms with van der Waals surface area (Å²) in [6, 6.07) is 4.39. The minimum absolute atomic E-state index is 0.0593. The molecule has 1 saturated carbocycles. The highest BCUT2D eigenvalue weighted by molar-refractivity contribution is 9.10. The smallest absolute Gasteiger partial charge is 0.254 e. The van der Waals surface area contributed by atoms with E-state index in [1.807, 2.05) is 0 Å². The Balaban J connectivity index is 1.74. The van der Waals surface area contributed by atoms with E-state index in [0.29, 0.717) is 23.7 Å². The molecule has 3 nitrogen and oxygen atoms in total. The van der Waals surface area contributed by atoms with Crippen molar-refractivity contribution in [3.05, 3.63) is 34.1 Å². The molecule has 0 spiro atoms. The quantitative estimate of drug-likeness (QED) is 0.842. The topological polar surface area (TPSA) is 38.3 Å². The van der Waals surface area contributed by atoms with Gasteiger partial charge in [-0.3, -0.25) is 4.79 Å². The molecule has 0 radical (unpaired) electrons. The second-order valence-electron chi connectivity index (χ2n) is 4.66. The molecule has 1 aromatic rings. The molecule has 0 aromatic heterocycles. The monoisotopic (exact) mass is 329 g/mol. The maximum absolute atomic E-state index is 13.5. The van der Waals surface area contributed by atoms with Crippen molar-refractivity contribution < 1.29 is 13.9 Å². The molecule has 1 aromatic carbocycles. The van der Waals surface area contributed by atoms with E-state index in [9.17, 15) is 9.18 Å². The van der Waals surface area contributed by atoms with Crippen LogP contribution in [0.25, 0.3) is 0 Å². The van der Waals surface area contributed by atoms with Crippen LogP contribution in [0.3, 0.4) is 0 Å². The zero-order valence-corrected chi connectivity index (χ0v) is 12.2. The summed E-state index contributed by atoms with van der Waals surface area (Å²) in [6.07, 6.45) is 4.99. The Morgan fingerprint density at radius 3 is 2.84 bits per heavy atom. The molecule has 0 bridgehead atoms. The van der Waals surface area contributed by atoms with E-state index in [1.54, 1.807) is 6.07 Å². The van der Waals surface area contributed by atoms with Crippen molar-refractivity contribution in [1.29, 1.82) is 0 Å². The molecule has 0 heterocycles. The highest BCUT2D eigenvalue weighted by Crippen LogP contribution is 2.20. The van der Waals surface area contributed by atoms with Crippen LogP contribution >= 0.6 is 15.9 Å². The lowest BCUT2D eigenvalue weighted by Gasteiger charge is -2.11. The molecule has 1 aliphatic carbocycles. The van der Waals surface area contributed by atoms with Crippen LogP contribution in [-0.4, -0.2) is 25.2 Å². The third-order valence-electron chi connectivity index (χ3n) is 3.22. The summed E-state index contributed by atoms with van der Waals surface area (Å²) in [5.41, 5.74) is 0.0593. The average Bonchev–Trinajstić information content (AvgIpc) is 2.87. The predicted octanol–water partition coefficient (Wildman–Crippen LogP) is 3.28. The number of rotatable bonds is 5. The number of nitrogens with one attached hydrogen (secondary N) is 1. The van der Waals surface area contributed by atoms with Crippen LogP contribution in [0.5, 0.6) is 0 Å². The number of ether oxygens (including phenoxy) is 1. The van der Waals surface area contributed by atoms with Gasteiger partial charge in [0.1, 0.15) is 5.82 Å². The highest BCUT2D eigenvalue weighted by Gasteiger charge is 2.15. The van der Waals surface area contributed by atoms with Crippen LogP contribution in [0.2, 0.25) is 0 Å². The number of carbonyl (C=O) groups is 1. The Morgan fingerprint density at radius 1 is 1.42 bits per heavy atom. The lowest BCUT2D eigenvalue weighted by Crippen LogP contribution is -2.29. The average molecular weight is 330 g/mol. The second-order valence-corrected chi connectivity index (χ2v) is 5.57. The van der Waals surface area contributed by atoms with Gasteiger partial charge in [0.05, 0.1) is 18.3 Å². The van der Waals surface area contributed by atoms with Gasteiger partial charge < -0.3 is 10.1 Å². The van der Waals surface area contributed by atoms with Crippen molar-refractivity contribution in [3.63, 3.8) is 0 Å². The van der Waals surface area contributed by atoms with E-state index < -0.39 is 11.7 Å². The lowest BCUT2D eigenvalue weighted by molar-refractivity contribution is 0.0581. The standard InChI is InChI=1S/C14H17BrFNO2/c15-10-5-6-12(13(16)9-10)14(18)17-7-8-19-11-3-1-2-4-11/h5-6,9,11H,1-4,7-8H2,(H,17,18). The van der Waals surface area contributed by atoms with Crippen LogP contribution in [0.4, 0.5) is 4.39 Å². The van der Waals surface area contributed by atoms with Gasteiger partial charge in [-0.15, -0.1) is 0 Å². The molecule has 0 atom stereocenters. The Kier molecular flexibility index (Phi) is 5.34. The maximum atomic E-state index is 13.5. The van der Waals surface area contributed by atoms with Crippen LogP contribution in [0.1, 0.15) is 36.0 Å². The molecule has 1 aliphatic rings. The Hall–Kier alpha value is -0.940. The molecule has 1 N–H and O–H groups in total. The van der Waals surface area contributed by atoms with Crippen LogP contribution in [0, 0.1) is 5.82 Å².